The molecule has 0 radical (unpaired) electrons. The lowest BCUT2D eigenvalue weighted by Gasteiger charge is -2.18. The molecule has 2 fully saturated rings. The number of hydrogen-bond acceptors (Lipinski definition) is 2. The molecule has 1 aliphatic carbocycles. The predicted molar refractivity (Wildman–Crippen MR) is 57.5 cm³/mol. The van der Waals surface area contributed by atoms with Gasteiger partial charge in [-0.15, -0.1) is 0 Å². The molecule has 0 spiro atoms. The third-order valence-electron chi connectivity index (χ3n) is 3.27. The Balaban J connectivity index is 1.54. The van der Waals surface area contributed by atoms with Crippen LogP contribution in [0.3, 0.4) is 0 Å². The Hall–Kier alpha value is -0.860. The van der Waals surface area contributed by atoms with E-state index in [2.05, 4.69) is 24.3 Å². The van der Waals surface area contributed by atoms with Crippen molar-refractivity contribution in [1.29, 1.82) is 0 Å². The summed E-state index contributed by atoms with van der Waals surface area (Å²) in [6.45, 7) is 0.720. The highest BCUT2D eigenvalue weighted by molar-refractivity contribution is 5.13. The van der Waals surface area contributed by atoms with Crippen LogP contribution in [0.4, 0.5) is 0 Å². The van der Waals surface area contributed by atoms with Gasteiger partial charge in [0.15, 0.2) is 0 Å². The normalized spacial score (nSPS) is 33.5. The molecule has 3 atom stereocenters. The second-order valence-electron chi connectivity index (χ2n) is 4.41. The van der Waals surface area contributed by atoms with E-state index in [0.29, 0.717) is 18.3 Å². The molecule has 1 aromatic rings. The van der Waals surface area contributed by atoms with E-state index in [1.807, 2.05) is 6.07 Å². The molecule has 1 heterocycles. The van der Waals surface area contributed by atoms with Crippen molar-refractivity contribution in [3.8, 4) is 0 Å². The summed E-state index contributed by atoms with van der Waals surface area (Å²) in [6, 6.07) is 10.3. The van der Waals surface area contributed by atoms with E-state index < -0.39 is 0 Å². The van der Waals surface area contributed by atoms with Crippen LogP contribution in [0.2, 0.25) is 0 Å². The average Bonchev–Trinajstić information content (AvgIpc) is 3.07. The minimum Gasteiger partial charge on any atom is -0.371 e. The van der Waals surface area contributed by atoms with Crippen molar-refractivity contribution in [2.45, 2.75) is 44.2 Å². The zero-order valence-electron chi connectivity index (χ0n) is 8.76. The quantitative estimate of drug-likeness (QED) is 0.706. The average molecular weight is 204 g/mol. The predicted octanol–water partition coefficient (Wildman–Crippen LogP) is 2.52. The van der Waals surface area contributed by atoms with Crippen molar-refractivity contribution >= 4 is 0 Å². The monoisotopic (exact) mass is 204 g/mol. The van der Waals surface area contributed by atoms with Crippen molar-refractivity contribution < 1.29 is 9.47 Å². The molecule has 2 heteroatoms. The Morgan fingerprint density at radius 1 is 1.20 bits per heavy atom. The Morgan fingerprint density at radius 3 is 2.93 bits per heavy atom. The molecular formula is C13H16O2. The van der Waals surface area contributed by atoms with Crippen LogP contribution in [-0.2, 0) is 16.1 Å². The molecule has 80 valence electrons. The van der Waals surface area contributed by atoms with Gasteiger partial charge in [0.05, 0.1) is 18.8 Å². The highest BCUT2D eigenvalue weighted by Crippen LogP contribution is 2.38. The first-order chi connectivity index (χ1) is 7.43. The molecule has 1 aromatic carbocycles. The van der Waals surface area contributed by atoms with Crippen LogP contribution in [0, 0.1) is 0 Å². The lowest BCUT2D eigenvalue weighted by molar-refractivity contribution is 0.0135. The first-order valence-electron chi connectivity index (χ1n) is 5.74. The Kier molecular flexibility index (Phi) is 2.47. The van der Waals surface area contributed by atoms with Gasteiger partial charge in [-0.1, -0.05) is 30.3 Å². The highest BCUT2D eigenvalue weighted by atomic mass is 16.6. The fraction of sp³-hybridized carbons (Fsp3) is 0.538. The third-order valence-corrected chi connectivity index (χ3v) is 3.27. The number of hydrogen-bond donors (Lipinski definition) is 0. The summed E-state index contributed by atoms with van der Waals surface area (Å²) >= 11 is 0. The van der Waals surface area contributed by atoms with Crippen LogP contribution in [0.1, 0.15) is 24.8 Å². The molecule has 2 aliphatic rings. The molecule has 3 rings (SSSR count). The molecule has 15 heavy (non-hydrogen) atoms. The minimum atomic E-state index is 0.337. The van der Waals surface area contributed by atoms with Crippen LogP contribution < -0.4 is 0 Å². The maximum atomic E-state index is 5.90. The summed E-state index contributed by atoms with van der Waals surface area (Å²) in [5.74, 6) is 0. The van der Waals surface area contributed by atoms with E-state index in [0.717, 1.165) is 13.0 Å². The summed E-state index contributed by atoms with van der Waals surface area (Å²) in [5.41, 5.74) is 1.25. The third kappa shape index (κ3) is 2.06. The summed E-state index contributed by atoms with van der Waals surface area (Å²) in [6.07, 6.45) is 4.90. The molecule has 0 aromatic heterocycles. The second kappa shape index (κ2) is 3.95. The number of ether oxygens (including phenoxy) is 2. The fourth-order valence-electron chi connectivity index (χ4n) is 2.36. The molecule has 2 nitrogen and oxygen atoms in total. The molecule has 0 N–H and O–H groups in total. The molecule has 1 saturated heterocycles. The topological polar surface area (TPSA) is 21.8 Å². The zero-order chi connectivity index (χ0) is 10.1. The summed E-state index contributed by atoms with van der Waals surface area (Å²) < 4.78 is 11.5. The standard InChI is InChI=1S/C13H16O2/c1-2-5-10(6-3-1)9-14-11-7-4-8-12-13(11)15-12/h1-3,5-6,11-13H,4,7-9H2/t11-,12-,13+/m0/s1. The van der Waals surface area contributed by atoms with E-state index in [4.69, 9.17) is 9.47 Å². The van der Waals surface area contributed by atoms with Gasteiger partial charge in [-0.25, -0.2) is 0 Å². The number of epoxide rings is 1. The zero-order valence-corrected chi connectivity index (χ0v) is 8.76. The van der Waals surface area contributed by atoms with Crippen molar-refractivity contribution in [2.75, 3.05) is 0 Å². The molecule has 1 aliphatic heterocycles. The first-order valence-corrected chi connectivity index (χ1v) is 5.74. The van der Waals surface area contributed by atoms with Gasteiger partial charge in [-0.05, 0) is 24.8 Å². The molecule has 0 bridgehead atoms. The van der Waals surface area contributed by atoms with Crippen molar-refractivity contribution in [3.63, 3.8) is 0 Å². The summed E-state index contributed by atoms with van der Waals surface area (Å²) in [4.78, 5) is 0. The van der Waals surface area contributed by atoms with Gasteiger partial charge in [0.25, 0.3) is 0 Å². The maximum Gasteiger partial charge on any atom is 0.110 e. The molecular weight excluding hydrogens is 188 g/mol. The van der Waals surface area contributed by atoms with Crippen molar-refractivity contribution in [1.82, 2.24) is 0 Å². The first kappa shape index (κ1) is 9.37. The summed E-state index contributed by atoms with van der Waals surface area (Å²) in [7, 11) is 0. The van der Waals surface area contributed by atoms with Gasteiger partial charge in [0.2, 0.25) is 0 Å². The van der Waals surface area contributed by atoms with E-state index in [1.54, 1.807) is 0 Å². The van der Waals surface area contributed by atoms with E-state index in [9.17, 15) is 0 Å². The maximum absolute atomic E-state index is 5.90. The Labute approximate surface area is 90.2 Å². The van der Waals surface area contributed by atoms with Crippen LogP contribution in [0.5, 0.6) is 0 Å². The second-order valence-corrected chi connectivity index (χ2v) is 4.41. The van der Waals surface area contributed by atoms with E-state index >= 15 is 0 Å². The molecule has 1 saturated carbocycles. The van der Waals surface area contributed by atoms with Crippen LogP contribution in [-0.4, -0.2) is 18.3 Å². The highest BCUT2D eigenvalue weighted by Gasteiger charge is 2.47. The Bertz CT molecular complexity index is 323. The van der Waals surface area contributed by atoms with Crippen LogP contribution in [0.15, 0.2) is 30.3 Å². The van der Waals surface area contributed by atoms with Crippen molar-refractivity contribution in [3.05, 3.63) is 35.9 Å². The largest absolute Gasteiger partial charge is 0.371 e. The van der Waals surface area contributed by atoms with Gasteiger partial charge in [0.1, 0.15) is 6.10 Å². The minimum absolute atomic E-state index is 0.337. The van der Waals surface area contributed by atoms with Crippen LogP contribution >= 0.6 is 0 Å². The van der Waals surface area contributed by atoms with E-state index in [-0.39, 0.29) is 0 Å². The van der Waals surface area contributed by atoms with Crippen LogP contribution in [0.25, 0.3) is 0 Å². The number of rotatable bonds is 3. The fourth-order valence-corrected chi connectivity index (χ4v) is 2.36. The smallest absolute Gasteiger partial charge is 0.110 e. The molecule has 0 unspecified atom stereocenters. The number of fused-ring (bicyclic) bond motifs is 1. The number of benzene rings is 1. The van der Waals surface area contributed by atoms with E-state index in [1.165, 1.54) is 18.4 Å². The molecule has 0 amide bonds. The van der Waals surface area contributed by atoms with Gasteiger partial charge in [0, 0.05) is 0 Å². The van der Waals surface area contributed by atoms with Gasteiger partial charge >= 0.3 is 0 Å². The SMILES string of the molecule is c1ccc(CO[C@H]2CCC[C@@H]3O[C@H]23)cc1. The lowest BCUT2D eigenvalue weighted by atomic mass is 9.98. The van der Waals surface area contributed by atoms with Gasteiger partial charge in [-0.2, -0.15) is 0 Å². The summed E-state index contributed by atoms with van der Waals surface area (Å²) in [5, 5.41) is 0. The lowest BCUT2D eigenvalue weighted by Crippen LogP contribution is -2.25. The van der Waals surface area contributed by atoms with Gasteiger partial charge in [-0.3, -0.25) is 0 Å². The van der Waals surface area contributed by atoms with Crippen molar-refractivity contribution in [2.24, 2.45) is 0 Å². The Morgan fingerprint density at radius 2 is 2.07 bits per heavy atom. The van der Waals surface area contributed by atoms with Gasteiger partial charge < -0.3 is 9.47 Å².